The average molecular weight is 209 g/mol. The molecule has 0 aliphatic rings. The fourth-order valence-electron chi connectivity index (χ4n) is 0.967. The highest BCUT2D eigenvalue weighted by atomic mass is 19.3. The molecule has 86 valence electrons. The lowest BCUT2D eigenvalue weighted by molar-refractivity contribution is -0.0748. The Morgan fingerprint density at radius 3 is 2.50 bits per heavy atom. The molecule has 0 heterocycles. The third-order valence-corrected chi connectivity index (χ3v) is 1.77. The fraction of sp³-hybridized carbons (Fsp3) is 1.00. The largest absolute Gasteiger partial charge is 0.375 e. The molecule has 4 heteroatoms. The minimum atomic E-state index is -2.73. The predicted octanol–water partition coefficient (Wildman–Crippen LogP) is 2.44. The number of halogens is 2. The predicted molar refractivity (Wildman–Crippen MR) is 53.8 cm³/mol. The first-order valence-corrected chi connectivity index (χ1v) is 5.28. The molecule has 0 spiro atoms. The van der Waals surface area contributed by atoms with Crippen LogP contribution in [-0.2, 0) is 4.74 Å². The van der Waals surface area contributed by atoms with Crippen molar-refractivity contribution in [2.75, 3.05) is 26.3 Å². The van der Waals surface area contributed by atoms with E-state index in [1.807, 2.05) is 13.8 Å². The molecule has 0 aromatic rings. The lowest BCUT2D eigenvalue weighted by Crippen LogP contribution is -2.37. The van der Waals surface area contributed by atoms with Crippen LogP contribution in [-0.4, -0.2) is 32.2 Å². The zero-order valence-electron chi connectivity index (χ0n) is 9.11. The van der Waals surface area contributed by atoms with Gasteiger partial charge in [-0.2, -0.15) is 0 Å². The summed E-state index contributed by atoms with van der Waals surface area (Å²) in [5, 5.41) is 2.69. The second-order valence-electron chi connectivity index (χ2n) is 3.44. The maximum Gasteiger partial charge on any atom is 0.283 e. The summed E-state index contributed by atoms with van der Waals surface area (Å²) in [5.74, 6) is -2.73. The van der Waals surface area contributed by atoms with E-state index < -0.39 is 12.5 Å². The van der Waals surface area contributed by atoms with Crippen molar-refractivity contribution in [1.29, 1.82) is 0 Å². The molecule has 0 amide bonds. The summed E-state index contributed by atoms with van der Waals surface area (Å²) in [6, 6.07) is 0. The second kappa shape index (κ2) is 8.12. The van der Waals surface area contributed by atoms with Gasteiger partial charge in [-0.05, 0) is 19.4 Å². The van der Waals surface area contributed by atoms with Gasteiger partial charge < -0.3 is 10.1 Å². The number of hydrogen-bond donors (Lipinski definition) is 1. The molecule has 0 radical (unpaired) electrons. The van der Waals surface area contributed by atoms with E-state index in [-0.39, 0.29) is 6.54 Å². The van der Waals surface area contributed by atoms with E-state index in [9.17, 15) is 8.78 Å². The van der Waals surface area contributed by atoms with Crippen LogP contribution in [0.3, 0.4) is 0 Å². The summed E-state index contributed by atoms with van der Waals surface area (Å²) in [5.41, 5.74) is 0. The average Bonchev–Trinajstić information content (AvgIpc) is 2.13. The zero-order chi connectivity index (χ0) is 10.9. The standard InChI is InChI=1S/C10H21F2NO/c1-3-5-7-14-9-10(11,12)8-13-6-4-2/h13H,3-9H2,1-2H3. The molecule has 0 aromatic carbocycles. The monoisotopic (exact) mass is 209 g/mol. The van der Waals surface area contributed by atoms with Crippen molar-refractivity contribution < 1.29 is 13.5 Å². The Morgan fingerprint density at radius 1 is 1.21 bits per heavy atom. The summed E-state index contributed by atoms with van der Waals surface area (Å²) in [6.45, 7) is 4.26. The van der Waals surface area contributed by atoms with E-state index in [0.717, 1.165) is 19.3 Å². The van der Waals surface area contributed by atoms with Gasteiger partial charge in [0.1, 0.15) is 6.61 Å². The molecule has 1 N–H and O–H groups in total. The maximum atomic E-state index is 13.0. The molecule has 0 unspecified atom stereocenters. The Labute approximate surface area is 85.0 Å². The van der Waals surface area contributed by atoms with Crippen LogP contribution in [0.2, 0.25) is 0 Å². The van der Waals surface area contributed by atoms with Gasteiger partial charge in [-0.1, -0.05) is 20.3 Å². The Balaban J connectivity index is 3.40. The van der Waals surface area contributed by atoms with E-state index in [1.54, 1.807) is 0 Å². The summed E-state index contributed by atoms with van der Waals surface area (Å²) >= 11 is 0. The van der Waals surface area contributed by atoms with Crippen LogP contribution in [0.5, 0.6) is 0 Å². The van der Waals surface area contributed by atoms with Crippen LogP contribution in [0.15, 0.2) is 0 Å². The van der Waals surface area contributed by atoms with E-state index >= 15 is 0 Å². The highest BCUT2D eigenvalue weighted by Crippen LogP contribution is 2.12. The normalized spacial score (nSPS) is 12.0. The minimum Gasteiger partial charge on any atom is -0.375 e. The summed E-state index contributed by atoms with van der Waals surface area (Å²) < 4.78 is 30.9. The van der Waals surface area contributed by atoms with Gasteiger partial charge in [0.25, 0.3) is 5.92 Å². The zero-order valence-corrected chi connectivity index (χ0v) is 9.11. The first-order chi connectivity index (χ1) is 6.62. The fourth-order valence-corrected chi connectivity index (χ4v) is 0.967. The van der Waals surface area contributed by atoms with Gasteiger partial charge in [0.2, 0.25) is 0 Å². The van der Waals surface area contributed by atoms with E-state index in [2.05, 4.69) is 5.32 Å². The Kier molecular flexibility index (Phi) is 7.99. The van der Waals surface area contributed by atoms with E-state index in [4.69, 9.17) is 4.74 Å². The maximum absolute atomic E-state index is 13.0. The van der Waals surface area contributed by atoms with Gasteiger partial charge in [0.05, 0.1) is 6.54 Å². The number of nitrogens with one attached hydrogen (secondary N) is 1. The molecule has 0 aliphatic carbocycles. The molecule has 0 aromatic heterocycles. The Hall–Kier alpha value is -0.220. The van der Waals surface area contributed by atoms with Crippen LogP contribution in [0.25, 0.3) is 0 Å². The van der Waals surface area contributed by atoms with Crippen molar-refractivity contribution in [2.45, 2.75) is 39.0 Å². The summed E-state index contributed by atoms with van der Waals surface area (Å²) in [7, 11) is 0. The van der Waals surface area contributed by atoms with Crippen molar-refractivity contribution in [2.24, 2.45) is 0 Å². The Morgan fingerprint density at radius 2 is 1.93 bits per heavy atom. The molecular formula is C10H21F2NO. The lowest BCUT2D eigenvalue weighted by atomic mass is 10.3. The number of rotatable bonds is 9. The second-order valence-corrected chi connectivity index (χ2v) is 3.44. The minimum absolute atomic E-state index is 0.285. The highest BCUT2D eigenvalue weighted by Gasteiger charge is 2.28. The third-order valence-electron chi connectivity index (χ3n) is 1.77. The van der Waals surface area contributed by atoms with Crippen LogP contribution >= 0.6 is 0 Å². The Bertz CT molecular complexity index is 131. The quantitative estimate of drug-likeness (QED) is 0.589. The van der Waals surface area contributed by atoms with Gasteiger partial charge in [-0.3, -0.25) is 0 Å². The van der Waals surface area contributed by atoms with Crippen LogP contribution in [0, 0.1) is 0 Å². The van der Waals surface area contributed by atoms with E-state index in [1.165, 1.54) is 0 Å². The van der Waals surface area contributed by atoms with Crippen LogP contribution in [0.4, 0.5) is 8.78 Å². The molecule has 2 nitrogen and oxygen atoms in total. The molecule has 0 rings (SSSR count). The number of alkyl halides is 2. The lowest BCUT2D eigenvalue weighted by Gasteiger charge is -2.16. The van der Waals surface area contributed by atoms with Crippen LogP contribution < -0.4 is 5.32 Å². The first-order valence-electron chi connectivity index (χ1n) is 5.28. The number of hydrogen-bond acceptors (Lipinski definition) is 2. The summed E-state index contributed by atoms with van der Waals surface area (Å²) in [6.07, 6.45) is 2.69. The molecule has 14 heavy (non-hydrogen) atoms. The van der Waals surface area contributed by atoms with Crippen LogP contribution in [0.1, 0.15) is 33.1 Å². The smallest absolute Gasteiger partial charge is 0.283 e. The molecule has 0 saturated carbocycles. The van der Waals surface area contributed by atoms with Gasteiger partial charge in [0.15, 0.2) is 0 Å². The van der Waals surface area contributed by atoms with E-state index in [0.29, 0.717) is 13.2 Å². The van der Waals surface area contributed by atoms with Gasteiger partial charge >= 0.3 is 0 Å². The SMILES string of the molecule is CCCCOCC(F)(F)CNCCC. The molecule has 0 aliphatic heterocycles. The number of ether oxygens (including phenoxy) is 1. The molecule has 0 atom stereocenters. The van der Waals surface area contributed by atoms with Crippen molar-refractivity contribution in [3.63, 3.8) is 0 Å². The summed E-state index contributed by atoms with van der Waals surface area (Å²) in [4.78, 5) is 0. The third kappa shape index (κ3) is 8.38. The molecular weight excluding hydrogens is 188 g/mol. The topological polar surface area (TPSA) is 21.3 Å². The number of unbranched alkanes of at least 4 members (excludes halogenated alkanes) is 1. The van der Waals surface area contributed by atoms with Gasteiger partial charge in [0, 0.05) is 6.61 Å². The molecule has 0 fully saturated rings. The van der Waals surface area contributed by atoms with Crippen molar-refractivity contribution in [3.8, 4) is 0 Å². The van der Waals surface area contributed by atoms with Gasteiger partial charge in [-0.15, -0.1) is 0 Å². The highest BCUT2D eigenvalue weighted by molar-refractivity contribution is 4.68. The molecule has 0 bridgehead atoms. The van der Waals surface area contributed by atoms with Gasteiger partial charge in [-0.25, -0.2) is 8.78 Å². The van der Waals surface area contributed by atoms with Crippen molar-refractivity contribution in [3.05, 3.63) is 0 Å². The van der Waals surface area contributed by atoms with Crippen molar-refractivity contribution in [1.82, 2.24) is 5.32 Å². The first kappa shape index (κ1) is 13.8. The van der Waals surface area contributed by atoms with Crippen molar-refractivity contribution >= 4 is 0 Å². The molecule has 0 saturated heterocycles.